The van der Waals surface area contributed by atoms with Gasteiger partial charge < -0.3 is 20.4 Å². The maximum absolute atomic E-state index is 12.6. The van der Waals surface area contributed by atoms with Crippen molar-refractivity contribution in [1.29, 1.82) is 0 Å². The maximum atomic E-state index is 12.6. The van der Waals surface area contributed by atoms with Gasteiger partial charge in [0.1, 0.15) is 0 Å². The first kappa shape index (κ1) is 17.5. The Labute approximate surface area is 151 Å². The second-order valence-corrected chi connectivity index (χ2v) is 5.79. The van der Waals surface area contributed by atoms with Crippen molar-refractivity contribution in [2.45, 2.75) is 13.0 Å². The predicted octanol–water partition coefficient (Wildman–Crippen LogP) is 3.39. The highest BCUT2D eigenvalue weighted by Crippen LogP contribution is 2.18. The number of ether oxygens (including phenoxy) is 1. The van der Waals surface area contributed by atoms with Crippen LogP contribution in [-0.4, -0.2) is 30.1 Å². The lowest BCUT2D eigenvalue weighted by molar-refractivity contribution is 0.0948. The molecule has 0 unspecified atom stereocenters. The fourth-order valence-corrected chi connectivity index (χ4v) is 2.80. The summed E-state index contributed by atoms with van der Waals surface area (Å²) in [6.07, 6.45) is 1.18. The largest absolute Gasteiger partial charge is 0.450 e. The lowest BCUT2D eigenvalue weighted by Gasteiger charge is -2.19. The van der Waals surface area contributed by atoms with Crippen LogP contribution in [0.3, 0.4) is 0 Å². The monoisotopic (exact) mass is 351 g/mol. The fraction of sp³-hybridized carbons (Fsp3) is 0.200. The molecule has 0 bridgehead atoms. The second kappa shape index (κ2) is 8.20. The third-order valence-corrected chi connectivity index (χ3v) is 4.07. The van der Waals surface area contributed by atoms with Crippen molar-refractivity contribution >= 4 is 22.9 Å². The van der Waals surface area contributed by atoms with Gasteiger partial charge in [-0.3, -0.25) is 4.79 Å². The summed E-state index contributed by atoms with van der Waals surface area (Å²) < 4.78 is 4.96. The quantitative estimate of drug-likeness (QED) is 0.636. The summed E-state index contributed by atoms with van der Waals surface area (Å²) in [4.78, 5) is 27.5. The Balaban J connectivity index is 1.72. The van der Waals surface area contributed by atoms with Crippen LogP contribution in [0.2, 0.25) is 0 Å². The molecule has 3 aromatic rings. The first-order valence-corrected chi connectivity index (χ1v) is 8.51. The number of benzene rings is 2. The van der Waals surface area contributed by atoms with E-state index in [1.165, 1.54) is 0 Å². The van der Waals surface area contributed by atoms with E-state index in [1.54, 1.807) is 13.1 Å². The van der Waals surface area contributed by atoms with Gasteiger partial charge in [0.05, 0.1) is 18.2 Å². The number of aromatic amines is 1. The average molecular weight is 351 g/mol. The molecule has 134 valence electrons. The Morgan fingerprint density at radius 3 is 2.58 bits per heavy atom. The zero-order valence-electron chi connectivity index (χ0n) is 14.5. The fourth-order valence-electron chi connectivity index (χ4n) is 2.80. The number of fused-ring (bicyclic) bond motifs is 1. The number of H-pyrrole nitrogens is 1. The summed E-state index contributed by atoms with van der Waals surface area (Å²) in [6.45, 7) is 2.28. The van der Waals surface area contributed by atoms with E-state index in [-0.39, 0.29) is 25.1 Å². The number of para-hydroxylation sites is 1. The molecule has 26 heavy (non-hydrogen) atoms. The molecular formula is C20H21N3O3. The highest BCUT2D eigenvalue weighted by atomic mass is 16.5. The summed E-state index contributed by atoms with van der Waals surface area (Å²) in [6, 6.07) is 16.7. The number of amides is 2. The van der Waals surface area contributed by atoms with Crippen molar-refractivity contribution < 1.29 is 14.3 Å². The number of hydrogen-bond donors (Lipinski definition) is 3. The molecule has 1 atom stereocenters. The SMILES string of the molecule is CCOC(=O)N[C@H](CNC(=O)c1c[nH]c2ccccc12)c1ccccc1. The van der Waals surface area contributed by atoms with Crippen LogP contribution < -0.4 is 10.6 Å². The van der Waals surface area contributed by atoms with Crippen molar-refractivity contribution in [1.82, 2.24) is 15.6 Å². The van der Waals surface area contributed by atoms with Gasteiger partial charge >= 0.3 is 6.09 Å². The molecule has 3 rings (SSSR count). The summed E-state index contributed by atoms with van der Waals surface area (Å²) in [5.74, 6) is -0.200. The highest BCUT2D eigenvalue weighted by Gasteiger charge is 2.18. The summed E-state index contributed by atoms with van der Waals surface area (Å²) in [5, 5.41) is 6.54. The minimum atomic E-state index is -0.511. The summed E-state index contributed by atoms with van der Waals surface area (Å²) in [7, 11) is 0. The highest BCUT2D eigenvalue weighted by molar-refractivity contribution is 6.06. The zero-order chi connectivity index (χ0) is 18.4. The Morgan fingerprint density at radius 1 is 1.08 bits per heavy atom. The molecule has 0 fully saturated rings. The number of hydrogen-bond acceptors (Lipinski definition) is 3. The van der Waals surface area contributed by atoms with E-state index in [0.717, 1.165) is 16.5 Å². The van der Waals surface area contributed by atoms with Crippen LogP contribution in [0.25, 0.3) is 10.9 Å². The topological polar surface area (TPSA) is 83.2 Å². The van der Waals surface area contributed by atoms with Gasteiger partial charge in [0.2, 0.25) is 0 Å². The molecule has 0 aliphatic carbocycles. The normalized spacial score (nSPS) is 11.7. The Bertz CT molecular complexity index is 889. The van der Waals surface area contributed by atoms with Gasteiger partial charge in [-0.25, -0.2) is 4.79 Å². The second-order valence-electron chi connectivity index (χ2n) is 5.79. The maximum Gasteiger partial charge on any atom is 0.407 e. The molecule has 6 heteroatoms. The molecule has 0 aliphatic rings. The van der Waals surface area contributed by atoms with Crippen LogP contribution in [0.1, 0.15) is 28.9 Å². The first-order chi connectivity index (χ1) is 12.7. The minimum absolute atomic E-state index is 0.200. The van der Waals surface area contributed by atoms with Gasteiger partial charge in [0.15, 0.2) is 0 Å². The molecule has 2 aromatic carbocycles. The minimum Gasteiger partial charge on any atom is -0.450 e. The third kappa shape index (κ3) is 4.03. The van der Waals surface area contributed by atoms with E-state index >= 15 is 0 Å². The van der Waals surface area contributed by atoms with E-state index < -0.39 is 6.09 Å². The molecule has 3 N–H and O–H groups in total. The van der Waals surface area contributed by atoms with Crippen LogP contribution in [0.5, 0.6) is 0 Å². The van der Waals surface area contributed by atoms with Crippen molar-refractivity contribution in [3.05, 3.63) is 71.9 Å². The van der Waals surface area contributed by atoms with Crippen LogP contribution in [0.15, 0.2) is 60.8 Å². The van der Waals surface area contributed by atoms with E-state index in [4.69, 9.17) is 4.74 Å². The number of aromatic nitrogens is 1. The Morgan fingerprint density at radius 2 is 1.81 bits per heavy atom. The van der Waals surface area contributed by atoms with E-state index in [0.29, 0.717) is 5.56 Å². The van der Waals surface area contributed by atoms with E-state index in [9.17, 15) is 9.59 Å². The molecule has 6 nitrogen and oxygen atoms in total. The molecule has 0 saturated carbocycles. The predicted molar refractivity (Wildman–Crippen MR) is 100.0 cm³/mol. The Kier molecular flexibility index (Phi) is 5.53. The average Bonchev–Trinajstić information content (AvgIpc) is 3.10. The van der Waals surface area contributed by atoms with Crippen molar-refractivity contribution in [2.24, 2.45) is 0 Å². The van der Waals surface area contributed by atoms with Gasteiger partial charge in [-0.15, -0.1) is 0 Å². The number of nitrogens with one attached hydrogen (secondary N) is 3. The lowest BCUT2D eigenvalue weighted by atomic mass is 10.1. The third-order valence-electron chi connectivity index (χ3n) is 4.07. The molecule has 2 amide bonds. The molecule has 0 radical (unpaired) electrons. The summed E-state index contributed by atoms with van der Waals surface area (Å²) in [5.41, 5.74) is 2.37. The van der Waals surface area contributed by atoms with Crippen molar-refractivity contribution in [2.75, 3.05) is 13.2 Å². The smallest absolute Gasteiger partial charge is 0.407 e. The molecule has 0 saturated heterocycles. The molecule has 0 aliphatic heterocycles. The number of rotatable bonds is 6. The van der Waals surface area contributed by atoms with Crippen LogP contribution in [0, 0.1) is 0 Å². The van der Waals surface area contributed by atoms with E-state index in [1.807, 2.05) is 54.6 Å². The standard InChI is InChI=1S/C20H21N3O3/c1-2-26-20(25)23-18(14-8-4-3-5-9-14)13-22-19(24)16-12-21-17-11-7-6-10-15(16)17/h3-12,18,21H,2,13H2,1H3,(H,22,24)(H,23,25)/t18-/m1/s1. The van der Waals surface area contributed by atoms with Crippen LogP contribution in [0.4, 0.5) is 4.79 Å². The van der Waals surface area contributed by atoms with Gasteiger partial charge in [0, 0.05) is 23.6 Å². The van der Waals surface area contributed by atoms with E-state index in [2.05, 4.69) is 15.6 Å². The first-order valence-electron chi connectivity index (χ1n) is 8.51. The van der Waals surface area contributed by atoms with Gasteiger partial charge in [0.25, 0.3) is 5.91 Å². The molecule has 1 heterocycles. The van der Waals surface area contributed by atoms with Gasteiger partial charge in [-0.05, 0) is 18.6 Å². The van der Waals surface area contributed by atoms with Crippen LogP contribution in [-0.2, 0) is 4.74 Å². The number of carbonyl (C=O) groups is 2. The van der Waals surface area contributed by atoms with Crippen LogP contribution >= 0.6 is 0 Å². The number of alkyl carbamates (subject to hydrolysis) is 1. The van der Waals surface area contributed by atoms with Crippen molar-refractivity contribution in [3.8, 4) is 0 Å². The lowest BCUT2D eigenvalue weighted by Crippen LogP contribution is -2.38. The van der Waals surface area contributed by atoms with Gasteiger partial charge in [-0.1, -0.05) is 48.5 Å². The van der Waals surface area contributed by atoms with Crippen molar-refractivity contribution in [3.63, 3.8) is 0 Å². The molecule has 1 aromatic heterocycles. The Hall–Kier alpha value is -3.28. The number of carbonyl (C=O) groups excluding carboxylic acids is 2. The molecular weight excluding hydrogens is 330 g/mol. The molecule has 0 spiro atoms. The zero-order valence-corrected chi connectivity index (χ0v) is 14.5. The van der Waals surface area contributed by atoms with Gasteiger partial charge in [-0.2, -0.15) is 0 Å². The summed E-state index contributed by atoms with van der Waals surface area (Å²) >= 11 is 0.